The molecule has 16 heavy (non-hydrogen) atoms. The van der Waals surface area contributed by atoms with Crippen LogP contribution in [-0.4, -0.2) is 13.7 Å². The second-order valence-corrected chi connectivity index (χ2v) is 6.38. The highest BCUT2D eigenvalue weighted by atomic mass is 16.5. The molecule has 0 aromatic heterocycles. The van der Waals surface area contributed by atoms with Crippen LogP contribution < -0.4 is 0 Å². The predicted octanol–water partition coefficient (Wildman–Crippen LogP) is 3.65. The van der Waals surface area contributed by atoms with E-state index in [0.29, 0.717) is 5.41 Å². The van der Waals surface area contributed by atoms with Crippen molar-refractivity contribution in [3.05, 3.63) is 12.2 Å². The maximum absolute atomic E-state index is 5.45. The molecule has 0 saturated heterocycles. The van der Waals surface area contributed by atoms with Crippen LogP contribution in [-0.2, 0) is 4.74 Å². The molecule has 1 heteroatoms. The summed E-state index contributed by atoms with van der Waals surface area (Å²) in [6.07, 6.45) is 7.10. The lowest BCUT2D eigenvalue weighted by Crippen LogP contribution is -2.38. The highest BCUT2D eigenvalue weighted by Crippen LogP contribution is 2.66. The molecule has 0 radical (unpaired) electrons. The molecular formula is C15H24O. The fraction of sp³-hybridized carbons (Fsp3) is 0.867. The fourth-order valence-electron chi connectivity index (χ4n) is 5.11. The third-order valence-corrected chi connectivity index (χ3v) is 6.04. The molecule has 5 atom stereocenters. The van der Waals surface area contributed by atoms with Gasteiger partial charge >= 0.3 is 0 Å². The molecule has 0 aromatic rings. The summed E-state index contributed by atoms with van der Waals surface area (Å²) in [5, 5.41) is 0. The van der Waals surface area contributed by atoms with Crippen LogP contribution in [0.4, 0.5) is 0 Å². The average Bonchev–Trinajstić information content (AvgIpc) is 2.83. The molecule has 2 unspecified atom stereocenters. The maximum Gasteiger partial charge on any atom is 0.0496 e. The Kier molecular flexibility index (Phi) is 2.43. The Bertz CT molecular complexity index is 309. The summed E-state index contributed by atoms with van der Waals surface area (Å²) in [5.41, 5.74) is 2.18. The molecule has 1 spiro atoms. The summed E-state index contributed by atoms with van der Waals surface area (Å²) in [7, 11) is 1.86. The number of fused-ring (bicyclic) bond motifs is 1. The van der Waals surface area contributed by atoms with Crippen molar-refractivity contribution in [2.75, 3.05) is 13.7 Å². The first-order valence-corrected chi connectivity index (χ1v) is 6.86. The first kappa shape index (κ1) is 10.8. The Labute approximate surface area is 99.3 Å². The molecule has 0 N–H and O–H groups in total. The van der Waals surface area contributed by atoms with Gasteiger partial charge in [0.15, 0.2) is 0 Å². The second-order valence-electron chi connectivity index (χ2n) is 6.38. The largest absolute Gasteiger partial charge is 0.384 e. The van der Waals surface area contributed by atoms with E-state index in [9.17, 15) is 0 Å². The van der Waals surface area contributed by atoms with Gasteiger partial charge in [0, 0.05) is 13.7 Å². The van der Waals surface area contributed by atoms with Crippen LogP contribution in [0.3, 0.4) is 0 Å². The number of rotatable bonds is 2. The topological polar surface area (TPSA) is 9.23 Å². The van der Waals surface area contributed by atoms with Crippen LogP contribution in [0.15, 0.2) is 12.2 Å². The SMILES string of the molecule is C=C1C(C)[C@@H]2CC[C@@]3(C2)C1CC[C@H]3COC. The monoisotopic (exact) mass is 220 g/mol. The van der Waals surface area contributed by atoms with Crippen LogP contribution in [0.2, 0.25) is 0 Å². The van der Waals surface area contributed by atoms with Gasteiger partial charge in [-0.15, -0.1) is 0 Å². The van der Waals surface area contributed by atoms with E-state index >= 15 is 0 Å². The van der Waals surface area contributed by atoms with E-state index in [1.165, 1.54) is 32.1 Å². The first-order valence-electron chi connectivity index (χ1n) is 6.86. The average molecular weight is 220 g/mol. The Morgan fingerprint density at radius 1 is 1.38 bits per heavy atom. The van der Waals surface area contributed by atoms with Gasteiger partial charge in [-0.1, -0.05) is 19.1 Å². The molecule has 3 aliphatic rings. The van der Waals surface area contributed by atoms with Crippen molar-refractivity contribution in [1.82, 2.24) is 0 Å². The van der Waals surface area contributed by atoms with E-state index in [1.807, 2.05) is 7.11 Å². The minimum Gasteiger partial charge on any atom is -0.384 e. The van der Waals surface area contributed by atoms with E-state index in [2.05, 4.69) is 13.5 Å². The maximum atomic E-state index is 5.45. The van der Waals surface area contributed by atoms with E-state index < -0.39 is 0 Å². The van der Waals surface area contributed by atoms with Crippen molar-refractivity contribution in [3.8, 4) is 0 Å². The van der Waals surface area contributed by atoms with Crippen molar-refractivity contribution in [2.45, 2.75) is 39.0 Å². The van der Waals surface area contributed by atoms with Crippen molar-refractivity contribution in [3.63, 3.8) is 0 Å². The molecule has 0 amide bonds. The van der Waals surface area contributed by atoms with Gasteiger partial charge in [-0.25, -0.2) is 0 Å². The highest BCUT2D eigenvalue weighted by molar-refractivity contribution is 5.22. The number of hydrogen-bond donors (Lipinski definition) is 0. The molecule has 0 aliphatic heterocycles. The second kappa shape index (κ2) is 3.60. The van der Waals surface area contributed by atoms with Gasteiger partial charge in [-0.2, -0.15) is 0 Å². The number of hydrogen-bond acceptors (Lipinski definition) is 1. The standard InChI is InChI=1S/C15H24O/c1-10-11(2)14-5-4-13(9-16-3)15(14)7-6-12(10)8-15/h10,12-14H,2,4-9H2,1,3H3/t10?,12-,13+,14?,15+/m1/s1. The van der Waals surface area contributed by atoms with E-state index in [4.69, 9.17) is 4.74 Å². The Balaban J connectivity index is 1.92. The predicted molar refractivity (Wildman–Crippen MR) is 66.2 cm³/mol. The number of ether oxygens (including phenoxy) is 1. The Morgan fingerprint density at radius 2 is 2.19 bits per heavy atom. The summed E-state index contributed by atoms with van der Waals surface area (Å²) >= 11 is 0. The van der Waals surface area contributed by atoms with Gasteiger partial charge in [-0.05, 0) is 61.2 Å². The van der Waals surface area contributed by atoms with Gasteiger partial charge in [0.05, 0.1) is 0 Å². The van der Waals surface area contributed by atoms with E-state index in [0.717, 1.165) is 30.3 Å². The molecule has 3 fully saturated rings. The number of allylic oxidation sites excluding steroid dienone is 1. The van der Waals surface area contributed by atoms with Gasteiger partial charge < -0.3 is 4.74 Å². The zero-order valence-electron chi connectivity index (χ0n) is 10.7. The summed E-state index contributed by atoms with van der Waals surface area (Å²) in [6, 6.07) is 0. The summed E-state index contributed by atoms with van der Waals surface area (Å²) < 4.78 is 5.45. The summed E-state index contributed by atoms with van der Waals surface area (Å²) in [4.78, 5) is 0. The summed E-state index contributed by atoms with van der Waals surface area (Å²) in [5.74, 6) is 3.35. The quantitative estimate of drug-likeness (QED) is 0.645. The fourth-order valence-corrected chi connectivity index (χ4v) is 5.11. The molecule has 0 heterocycles. The lowest BCUT2D eigenvalue weighted by molar-refractivity contribution is 0.0504. The molecule has 0 aromatic carbocycles. The molecule has 3 aliphatic carbocycles. The molecule has 90 valence electrons. The van der Waals surface area contributed by atoms with Crippen molar-refractivity contribution in [1.29, 1.82) is 0 Å². The van der Waals surface area contributed by atoms with Crippen LogP contribution >= 0.6 is 0 Å². The summed E-state index contributed by atoms with van der Waals surface area (Å²) in [6.45, 7) is 7.81. The van der Waals surface area contributed by atoms with E-state index in [1.54, 1.807) is 5.57 Å². The first-order chi connectivity index (χ1) is 7.69. The van der Waals surface area contributed by atoms with Crippen LogP contribution in [0, 0.1) is 29.1 Å². The van der Waals surface area contributed by atoms with Crippen LogP contribution in [0.25, 0.3) is 0 Å². The van der Waals surface area contributed by atoms with Gasteiger partial charge in [0.2, 0.25) is 0 Å². The zero-order valence-corrected chi connectivity index (χ0v) is 10.7. The molecule has 2 bridgehead atoms. The van der Waals surface area contributed by atoms with Crippen molar-refractivity contribution < 1.29 is 4.74 Å². The van der Waals surface area contributed by atoms with Crippen molar-refractivity contribution in [2.24, 2.45) is 29.1 Å². The zero-order chi connectivity index (χ0) is 11.3. The van der Waals surface area contributed by atoms with Crippen LogP contribution in [0.5, 0.6) is 0 Å². The third-order valence-electron chi connectivity index (χ3n) is 6.04. The van der Waals surface area contributed by atoms with E-state index in [-0.39, 0.29) is 0 Å². The third kappa shape index (κ3) is 1.21. The Morgan fingerprint density at radius 3 is 2.94 bits per heavy atom. The minimum absolute atomic E-state index is 0.601. The smallest absolute Gasteiger partial charge is 0.0496 e. The lowest BCUT2D eigenvalue weighted by atomic mass is 9.61. The molecule has 1 nitrogen and oxygen atoms in total. The number of methoxy groups -OCH3 is 1. The van der Waals surface area contributed by atoms with Crippen LogP contribution in [0.1, 0.15) is 39.0 Å². The Hall–Kier alpha value is -0.300. The molecule has 3 rings (SSSR count). The normalized spacial score (nSPS) is 50.8. The van der Waals surface area contributed by atoms with Gasteiger partial charge in [-0.3, -0.25) is 0 Å². The van der Waals surface area contributed by atoms with Gasteiger partial charge in [0.1, 0.15) is 0 Å². The van der Waals surface area contributed by atoms with Gasteiger partial charge in [0.25, 0.3) is 0 Å². The minimum atomic E-state index is 0.601. The van der Waals surface area contributed by atoms with Crippen molar-refractivity contribution >= 4 is 0 Å². The lowest BCUT2D eigenvalue weighted by Gasteiger charge is -2.44. The molecule has 3 saturated carbocycles. The molecular weight excluding hydrogens is 196 g/mol. The highest BCUT2D eigenvalue weighted by Gasteiger charge is 2.58.